The predicted molar refractivity (Wildman–Crippen MR) is 106 cm³/mol. The number of piperidine rings is 1. The van der Waals surface area contributed by atoms with Gasteiger partial charge in [-0.2, -0.15) is 0 Å². The van der Waals surface area contributed by atoms with Crippen LogP contribution in [0, 0.1) is 5.82 Å². The van der Waals surface area contributed by atoms with Crippen LogP contribution in [0.5, 0.6) is 5.75 Å². The number of morpholine rings is 1. The minimum atomic E-state index is -1.15. The van der Waals surface area contributed by atoms with Gasteiger partial charge < -0.3 is 29.3 Å². The molecule has 2 aromatic rings. The molecule has 3 heterocycles. The molecule has 2 N–H and O–H groups in total. The van der Waals surface area contributed by atoms with E-state index in [0.717, 1.165) is 25.9 Å². The predicted octanol–water partition coefficient (Wildman–Crippen LogP) is 2.57. The zero-order valence-electron chi connectivity index (χ0n) is 15.9. The molecule has 0 aliphatic carbocycles. The summed E-state index contributed by atoms with van der Waals surface area (Å²) in [6.07, 6.45) is 1.71. The van der Waals surface area contributed by atoms with E-state index in [2.05, 4.69) is 10.5 Å². The average molecular weight is 428 g/mol. The summed E-state index contributed by atoms with van der Waals surface area (Å²) in [6.45, 7) is 3.28. The van der Waals surface area contributed by atoms with Gasteiger partial charge in [0.25, 0.3) is 0 Å². The number of ether oxygens (including phenoxy) is 2. The maximum Gasteiger partial charge on any atom is 0.343 e. The van der Waals surface area contributed by atoms with Crippen molar-refractivity contribution in [1.29, 1.82) is 0 Å². The van der Waals surface area contributed by atoms with Gasteiger partial charge >= 0.3 is 5.97 Å². The Hall–Kier alpha value is -2.36. The van der Waals surface area contributed by atoms with Crippen molar-refractivity contribution in [3.05, 3.63) is 29.6 Å². The van der Waals surface area contributed by atoms with Gasteiger partial charge in [-0.15, -0.1) is 12.4 Å². The first-order valence-corrected chi connectivity index (χ1v) is 9.19. The van der Waals surface area contributed by atoms with E-state index in [-0.39, 0.29) is 40.9 Å². The highest BCUT2D eigenvalue weighted by Gasteiger charge is 2.40. The second-order valence-corrected chi connectivity index (χ2v) is 7.07. The van der Waals surface area contributed by atoms with Crippen molar-refractivity contribution in [2.75, 3.05) is 44.8 Å². The number of benzene rings is 1. The Morgan fingerprint density at radius 2 is 2.14 bits per heavy atom. The van der Waals surface area contributed by atoms with Gasteiger partial charge in [0, 0.05) is 18.7 Å². The highest BCUT2D eigenvalue weighted by atomic mass is 35.5. The zero-order valence-corrected chi connectivity index (χ0v) is 16.8. The maximum atomic E-state index is 13.7. The number of hydrogen-bond donors (Lipinski definition) is 2. The van der Waals surface area contributed by atoms with Gasteiger partial charge in [0.2, 0.25) is 0 Å². The van der Waals surface area contributed by atoms with Crippen molar-refractivity contribution < 1.29 is 28.3 Å². The summed E-state index contributed by atoms with van der Waals surface area (Å²) in [6, 6.07) is 4.06. The number of anilines is 1. The molecule has 10 heteroatoms. The largest absolute Gasteiger partial charge is 0.494 e. The molecule has 8 nitrogen and oxygen atoms in total. The number of carboxylic acid groups (broad SMARTS) is 1. The van der Waals surface area contributed by atoms with Crippen molar-refractivity contribution in [2.45, 2.75) is 18.4 Å². The lowest BCUT2D eigenvalue weighted by molar-refractivity contribution is -0.0741. The third-order valence-corrected chi connectivity index (χ3v) is 5.36. The molecular weight excluding hydrogens is 405 g/mol. The summed E-state index contributed by atoms with van der Waals surface area (Å²) in [5.74, 6) is -1.34. The smallest absolute Gasteiger partial charge is 0.343 e. The van der Waals surface area contributed by atoms with E-state index in [1.165, 1.54) is 25.3 Å². The first kappa shape index (κ1) is 21.4. The molecule has 2 saturated heterocycles. The minimum Gasteiger partial charge on any atom is -0.494 e. The van der Waals surface area contributed by atoms with Crippen molar-refractivity contribution >= 4 is 24.2 Å². The number of halogens is 2. The molecule has 1 aromatic heterocycles. The quantitative estimate of drug-likeness (QED) is 0.768. The molecule has 4 rings (SSSR count). The molecule has 2 aliphatic heterocycles. The monoisotopic (exact) mass is 427 g/mol. The van der Waals surface area contributed by atoms with Crippen LogP contribution >= 0.6 is 12.4 Å². The lowest BCUT2D eigenvalue weighted by Gasteiger charge is -2.45. The van der Waals surface area contributed by atoms with Crippen molar-refractivity contribution in [3.8, 4) is 17.1 Å². The number of methoxy groups -OCH3 is 1. The molecule has 0 atom stereocenters. The van der Waals surface area contributed by atoms with E-state index in [1.54, 1.807) is 0 Å². The third kappa shape index (κ3) is 4.03. The summed E-state index contributed by atoms with van der Waals surface area (Å²) in [4.78, 5) is 13.9. The molecule has 0 saturated carbocycles. The van der Waals surface area contributed by atoms with E-state index in [1.807, 2.05) is 4.90 Å². The summed E-state index contributed by atoms with van der Waals surface area (Å²) >= 11 is 0. The first-order valence-electron chi connectivity index (χ1n) is 9.19. The summed E-state index contributed by atoms with van der Waals surface area (Å²) < 4.78 is 30.2. The van der Waals surface area contributed by atoms with Gasteiger partial charge in [-0.1, -0.05) is 5.16 Å². The molecule has 0 unspecified atom stereocenters. The van der Waals surface area contributed by atoms with Gasteiger partial charge in [-0.25, -0.2) is 9.18 Å². The SMILES string of the molecule is COc1cc(-c2onc(N3CCOC4(CCNCC4)C3)c2C(=O)O)ccc1F.Cl. The molecule has 0 amide bonds. The molecule has 1 aromatic carbocycles. The fraction of sp³-hybridized carbons (Fsp3) is 0.474. The second-order valence-electron chi connectivity index (χ2n) is 7.07. The molecule has 2 fully saturated rings. The number of hydrogen-bond acceptors (Lipinski definition) is 7. The van der Waals surface area contributed by atoms with Gasteiger partial charge in [0.1, 0.15) is 0 Å². The van der Waals surface area contributed by atoms with Crippen molar-refractivity contribution in [3.63, 3.8) is 0 Å². The molecule has 29 heavy (non-hydrogen) atoms. The van der Waals surface area contributed by atoms with Crippen LogP contribution in [0.25, 0.3) is 11.3 Å². The molecule has 2 aliphatic rings. The molecule has 1 spiro atoms. The topological polar surface area (TPSA) is 97.1 Å². The number of rotatable bonds is 4. The van der Waals surface area contributed by atoms with Crippen LogP contribution in [-0.4, -0.2) is 61.7 Å². The number of nitrogens with one attached hydrogen (secondary N) is 1. The molecule has 0 radical (unpaired) electrons. The molecule has 0 bridgehead atoms. The highest BCUT2D eigenvalue weighted by molar-refractivity contribution is 5.99. The Balaban J connectivity index is 0.00000240. The highest BCUT2D eigenvalue weighted by Crippen LogP contribution is 2.36. The van der Waals surface area contributed by atoms with E-state index < -0.39 is 11.8 Å². The van der Waals surface area contributed by atoms with E-state index in [0.29, 0.717) is 25.3 Å². The summed E-state index contributed by atoms with van der Waals surface area (Å²) in [5, 5.41) is 17.2. The Kier molecular flexibility index (Phi) is 6.30. The van der Waals surface area contributed by atoms with E-state index >= 15 is 0 Å². The number of carboxylic acids is 1. The zero-order chi connectivity index (χ0) is 19.7. The van der Waals surface area contributed by atoms with Gasteiger partial charge in [-0.05, 0) is 44.1 Å². The fourth-order valence-electron chi connectivity index (χ4n) is 3.90. The number of aromatic nitrogens is 1. The molecular formula is C19H23ClFN3O5. The Bertz CT molecular complexity index is 879. The van der Waals surface area contributed by atoms with Crippen LogP contribution in [-0.2, 0) is 4.74 Å². The van der Waals surface area contributed by atoms with Crippen LogP contribution in [0.2, 0.25) is 0 Å². The number of carbonyl (C=O) groups is 1. The van der Waals surface area contributed by atoms with E-state index in [9.17, 15) is 14.3 Å². The second kappa shape index (κ2) is 8.56. The van der Waals surface area contributed by atoms with E-state index in [4.69, 9.17) is 14.0 Å². The lowest BCUT2D eigenvalue weighted by atomic mass is 9.90. The number of aromatic carboxylic acids is 1. The van der Waals surface area contributed by atoms with Crippen LogP contribution in [0.15, 0.2) is 22.7 Å². The normalized spacial score (nSPS) is 18.3. The van der Waals surface area contributed by atoms with Gasteiger partial charge in [0.05, 0.1) is 19.3 Å². The average Bonchev–Trinajstić information content (AvgIpc) is 3.14. The van der Waals surface area contributed by atoms with Crippen molar-refractivity contribution in [1.82, 2.24) is 10.5 Å². The third-order valence-electron chi connectivity index (χ3n) is 5.36. The van der Waals surface area contributed by atoms with Crippen LogP contribution < -0.4 is 15.0 Å². The number of nitrogens with zero attached hydrogens (tertiary/aromatic N) is 2. The van der Waals surface area contributed by atoms with Crippen molar-refractivity contribution in [2.24, 2.45) is 0 Å². The Morgan fingerprint density at radius 3 is 2.83 bits per heavy atom. The van der Waals surface area contributed by atoms with Crippen LogP contribution in [0.3, 0.4) is 0 Å². The minimum absolute atomic E-state index is 0. The van der Waals surface area contributed by atoms with Crippen LogP contribution in [0.4, 0.5) is 10.2 Å². The Labute approximate surface area is 173 Å². The standard InChI is InChI=1S/C19H22FN3O5.ClH/c1-26-14-10-12(2-3-13(14)20)16-15(18(24)25)17(22-28-16)23-8-9-27-19(11-23)4-6-21-7-5-19;/h2-3,10,21H,4-9,11H2,1H3,(H,24,25);1H. The lowest BCUT2D eigenvalue weighted by Crippen LogP contribution is -2.56. The van der Waals surface area contributed by atoms with Crippen LogP contribution in [0.1, 0.15) is 23.2 Å². The summed E-state index contributed by atoms with van der Waals surface area (Å²) in [7, 11) is 1.35. The van der Waals surface area contributed by atoms with Gasteiger partial charge in [-0.3, -0.25) is 0 Å². The van der Waals surface area contributed by atoms with Gasteiger partial charge in [0.15, 0.2) is 28.7 Å². The summed E-state index contributed by atoms with van der Waals surface area (Å²) in [5.41, 5.74) is 0.0381. The Morgan fingerprint density at radius 1 is 1.38 bits per heavy atom. The first-order chi connectivity index (χ1) is 13.5. The maximum absolute atomic E-state index is 13.7. The fourth-order valence-corrected chi connectivity index (χ4v) is 3.90. The molecule has 158 valence electrons.